The lowest BCUT2D eigenvalue weighted by Gasteiger charge is -2.34. The van der Waals surface area contributed by atoms with Gasteiger partial charge in [0.2, 0.25) is 0 Å². The van der Waals surface area contributed by atoms with Gasteiger partial charge in [-0.15, -0.1) is 0 Å². The lowest BCUT2D eigenvalue weighted by Crippen LogP contribution is -2.26. The summed E-state index contributed by atoms with van der Waals surface area (Å²) in [7, 11) is 0. The summed E-state index contributed by atoms with van der Waals surface area (Å²) in [6.07, 6.45) is 8.00. The zero-order chi connectivity index (χ0) is 14.9. The number of nitrogens with one attached hydrogen (secondary N) is 1. The molecule has 21 heavy (non-hydrogen) atoms. The topological polar surface area (TPSA) is 34.4 Å². The first-order valence-electron chi connectivity index (χ1n) is 8.45. The minimum Gasteiger partial charge on any atom is -0.465 e. The van der Waals surface area contributed by atoms with Gasteiger partial charge in [-0.2, -0.15) is 0 Å². The Morgan fingerprint density at radius 2 is 1.95 bits per heavy atom. The first-order chi connectivity index (χ1) is 10.0. The summed E-state index contributed by atoms with van der Waals surface area (Å²) >= 11 is 0. The van der Waals surface area contributed by atoms with Crippen LogP contribution in [0, 0.1) is 12.3 Å². The van der Waals surface area contributed by atoms with Crippen LogP contribution in [0.4, 0.5) is 0 Å². The van der Waals surface area contributed by atoms with Crippen LogP contribution < -0.4 is 5.32 Å². The third-order valence-corrected chi connectivity index (χ3v) is 4.97. The molecule has 1 heterocycles. The molecule has 0 amide bonds. The maximum absolute atomic E-state index is 6.11. The molecule has 2 aliphatic rings. The molecule has 3 heteroatoms. The Labute approximate surface area is 128 Å². The van der Waals surface area contributed by atoms with E-state index < -0.39 is 0 Å². The van der Waals surface area contributed by atoms with Crippen LogP contribution in [0.3, 0.4) is 0 Å². The molecule has 1 aromatic heterocycles. The predicted octanol–water partition coefficient (Wildman–Crippen LogP) is 4.33. The fourth-order valence-electron chi connectivity index (χ4n) is 3.10. The lowest BCUT2D eigenvalue weighted by atomic mass is 9.76. The van der Waals surface area contributed by atoms with Crippen molar-refractivity contribution in [2.24, 2.45) is 5.41 Å². The molecule has 0 aliphatic heterocycles. The molecule has 3 nitrogen and oxygen atoms in total. The molecule has 0 bridgehead atoms. The quantitative estimate of drug-likeness (QED) is 0.847. The summed E-state index contributed by atoms with van der Waals surface area (Å²) in [4.78, 5) is 0. The van der Waals surface area contributed by atoms with Crippen LogP contribution in [0.25, 0.3) is 0 Å². The van der Waals surface area contributed by atoms with Crippen LogP contribution >= 0.6 is 0 Å². The summed E-state index contributed by atoms with van der Waals surface area (Å²) in [6, 6.07) is 2.89. The van der Waals surface area contributed by atoms with Crippen molar-refractivity contribution >= 4 is 0 Å². The Morgan fingerprint density at radius 3 is 2.62 bits per heavy atom. The Balaban J connectivity index is 1.46. The van der Waals surface area contributed by atoms with E-state index in [0.29, 0.717) is 18.1 Å². The average Bonchev–Trinajstić information content (AvgIpc) is 3.20. The van der Waals surface area contributed by atoms with E-state index in [1.54, 1.807) is 0 Å². The van der Waals surface area contributed by atoms with Gasteiger partial charge in [0, 0.05) is 11.6 Å². The van der Waals surface area contributed by atoms with Gasteiger partial charge in [-0.05, 0) is 56.9 Å². The highest BCUT2D eigenvalue weighted by Gasteiger charge is 2.27. The SMILES string of the molecule is Cc1oc(CNC2CC2)cc1COC1CCC(C)(C)CC1. The molecule has 0 atom stereocenters. The second kappa shape index (κ2) is 6.13. The maximum atomic E-state index is 6.11. The number of hydrogen-bond donors (Lipinski definition) is 1. The van der Waals surface area contributed by atoms with E-state index in [9.17, 15) is 0 Å². The number of ether oxygens (including phenoxy) is 1. The zero-order valence-electron chi connectivity index (χ0n) is 13.7. The Bertz CT molecular complexity index is 464. The largest absolute Gasteiger partial charge is 0.465 e. The monoisotopic (exact) mass is 291 g/mol. The van der Waals surface area contributed by atoms with E-state index >= 15 is 0 Å². The van der Waals surface area contributed by atoms with Gasteiger partial charge >= 0.3 is 0 Å². The van der Waals surface area contributed by atoms with E-state index in [1.165, 1.54) is 44.1 Å². The minimum atomic E-state index is 0.431. The third kappa shape index (κ3) is 4.33. The highest BCUT2D eigenvalue weighted by molar-refractivity contribution is 5.20. The van der Waals surface area contributed by atoms with Crippen LogP contribution in [0.15, 0.2) is 10.5 Å². The van der Waals surface area contributed by atoms with Gasteiger partial charge in [0.05, 0.1) is 19.3 Å². The van der Waals surface area contributed by atoms with Crippen LogP contribution in [0.2, 0.25) is 0 Å². The lowest BCUT2D eigenvalue weighted by molar-refractivity contribution is -0.00598. The van der Waals surface area contributed by atoms with Crippen molar-refractivity contribution in [3.63, 3.8) is 0 Å². The van der Waals surface area contributed by atoms with E-state index in [0.717, 1.165) is 24.1 Å². The van der Waals surface area contributed by atoms with E-state index in [1.807, 2.05) is 6.92 Å². The summed E-state index contributed by atoms with van der Waals surface area (Å²) in [5.41, 5.74) is 1.72. The Kier molecular flexibility index (Phi) is 4.41. The predicted molar refractivity (Wildman–Crippen MR) is 84.1 cm³/mol. The smallest absolute Gasteiger partial charge is 0.118 e. The van der Waals surface area contributed by atoms with Crippen molar-refractivity contribution < 1.29 is 9.15 Å². The van der Waals surface area contributed by atoms with Crippen molar-refractivity contribution in [2.45, 2.75) is 84.6 Å². The van der Waals surface area contributed by atoms with Gasteiger partial charge in [-0.25, -0.2) is 0 Å². The van der Waals surface area contributed by atoms with Gasteiger partial charge in [-0.3, -0.25) is 0 Å². The van der Waals surface area contributed by atoms with Crippen LogP contribution in [0.5, 0.6) is 0 Å². The van der Waals surface area contributed by atoms with Crippen LogP contribution in [0.1, 0.15) is 69.5 Å². The van der Waals surface area contributed by atoms with Crippen molar-refractivity contribution in [3.05, 3.63) is 23.2 Å². The van der Waals surface area contributed by atoms with Crippen molar-refractivity contribution in [2.75, 3.05) is 0 Å². The van der Waals surface area contributed by atoms with Crippen LogP contribution in [-0.4, -0.2) is 12.1 Å². The van der Waals surface area contributed by atoms with E-state index in [-0.39, 0.29) is 0 Å². The summed E-state index contributed by atoms with van der Waals surface area (Å²) in [6.45, 7) is 8.32. The summed E-state index contributed by atoms with van der Waals surface area (Å²) in [5, 5.41) is 3.49. The van der Waals surface area contributed by atoms with Crippen LogP contribution in [-0.2, 0) is 17.9 Å². The number of hydrogen-bond acceptors (Lipinski definition) is 3. The number of furan rings is 1. The Morgan fingerprint density at radius 1 is 1.24 bits per heavy atom. The Hall–Kier alpha value is -0.800. The highest BCUT2D eigenvalue weighted by atomic mass is 16.5. The molecule has 2 aliphatic carbocycles. The normalized spacial score (nSPS) is 22.6. The molecule has 1 aromatic rings. The molecule has 0 spiro atoms. The molecular weight excluding hydrogens is 262 g/mol. The minimum absolute atomic E-state index is 0.431. The van der Waals surface area contributed by atoms with E-state index in [2.05, 4.69) is 25.2 Å². The second-order valence-electron chi connectivity index (χ2n) is 7.62. The van der Waals surface area contributed by atoms with Crippen molar-refractivity contribution in [1.29, 1.82) is 0 Å². The van der Waals surface area contributed by atoms with Crippen molar-refractivity contribution in [3.8, 4) is 0 Å². The molecule has 2 saturated carbocycles. The van der Waals surface area contributed by atoms with Gasteiger partial charge < -0.3 is 14.5 Å². The second-order valence-corrected chi connectivity index (χ2v) is 7.62. The first-order valence-corrected chi connectivity index (χ1v) is 8.45. The molecule has 118 valence electrons. The molecular formula is C18H29NO2. The molecule has 3 rings (SSSR count). The van der Waals surface area contributed by atoms with Gasteiger partial charge in [0.1, 0.15) is 11.5 Å². The number of rotatable bonds is 6. The van der Waals surface area contributed by atoms with Gasteiger partial charge in [0.15, 0.2) is 0 Å². The van der Waals surface area contributed by atoms with E-state index in [4.69, 9.17) is 9.15 Å². The molecule has 0 saturated heterocycles. The molecule has 1 N–H and O–H groups in total. The fourth-order valence-corrected chi connectivity index (χ4v) is 3.10. The summed E-state index contributed by atoms with van der Waals surface area (Å²) < 4.78 is 11.9. The molecule has 0 aromatic carbocycles. The van der Waals surface area contributed by atoms with Gasteiger partial charge in [-0.1, -0.05) is 13.8 Å². The first kappa shape index (κ1) is 15.1. The average molecular weight is 291 g/mol. The maximum Gasteiger partial charge on any atom is 0.118 e. The molecule has 0 unspecified atom stereocenters. The number of aryl methyl sites for hydroxylation is 1. The zero-order valence-corrected chi connectivity index (χ0v) is 13.7. The third-order valence-electron chi connectivity index (χ3n) is 4.97. The highest BCUT2D eigenvalue weighted by Crippen LogP contribution is 2.36. The fraction of sp³-hybridized carbons (Fsp3) is 0.778. The standard InChI is InChI=1S/C18H29NO2/c1-13-14(10-17(21-13)11-19-15-4-5-15)12-20-16-6-8-18(2,3)9-7-16/h10,15-16,19H,4-9,11-12H2,1-3H3. The summed E-state index contributed by atoms with van der Waals surface area (Å²) in [5.74, 6) is 2.06. The van der Waals surface area contributed by atoms with Crippen molar-refractivity contribution in [1.82, 2.24) is 5.32 Å². The molecule has 0 radical (unpaired) electrons. The van der Waals surface area contributed by atoms with Gasteiger partial charge in [0.25, 0.3) is 0 Å². The molecule has 2 fully saturated rings.